The quantitative estimate of drug-likeness (QED) is 0.147. The molecular formula is C35H46N4O3. The van der Waals surface area contributed by atoms with Crippen LogP contribution in [0.3, 0.4) is 0 Å². The van der Waals surface area contributed by atoms with Crippen molar-refractivity contribution in [2.45, 2.75) is 80.7 Å². The molecule has 0 spiro atoms. The monoisotopic (exact) mass is 570 g/mol. The van der Waals surface area contributed by atoms with Gasteiger partial charge in [-0.3, -0.25) is 9.59 Å². The number of aryl methyl sites for hydroxylation is 3. The molecule has 42 heavy (non-hydrogen) atoms. The lowest BCUT2D eigenvalue weighted by Gasteiger charge is -2.32. The maximum atomic E-state index is 13.9. The molecule has 1 aliphatic heterocycles. The van der Waals surface area contributed by atoms with E-state index in [1.54, 1.807) is 5.01 Å². The second-order valence-corrected chi connectivity index (χ2v) is 11.6. The smallest absolute Gasteiger partial charge is 0.306 e. The lowest BCUT2D eigenvalue weighted by atomic mass is 9.81. The number of nitrogens with two attached hydrogens (primary N) is 2. The topological polar surface area (TPSA) is 102 Å². The number of nitrogen functional groups attached to an aromatic ring is 1. The van der Waals surface area contributed by atoms with Gasteiger partial charge in [0.2, 0.25) is 0 Å². The Balaban J connectivity index is 1.77. The molecule has 1 atom stereocenters. The zero-order valence-corrected chi connectivity index (χ0v) is 26.5. The highest BCUT2D eigenvalue weighted by atomic mass is 16.5. The van der Waals surface area contributed by atoms with Crippen LogP contribution in [0.25, 0.3) is 0 Å². The number of benzene rings is 3. The lowest BCUT2D eigenvalue weighted by Crippen LogP contribution is -2.37. The molecule has 0 bridgehead atoms. The highest BCUT2D eigenvalue weighted by molar-refractivity contribution is 5.98. The minimum absolute atomic E-state index is 0.0787. The summed E-state index contributed by atoms with van der Waals surface area (Å²) in [5, 5.41) is 1.63. The maximum absolute atomic E-state index is 13.9. The molecular weight excluding hydrogens is 524 g/mol. The van der Waals surface area contributed by atoms with E-state index in [0.29, 0.717) is 31.9 Å². The molecule has 3 aromatic carbocycles. The number of carbonyl (C=O) groups excluding carboxylic acids is 2. The third kappa shape index (κ3) is 5.88. The average molecular weight is 571 g/mol. The van der Waals surface area contributed by atoms with E-state index in [9.17, 15) is 9.59 Å². The van der Waals surface area contributed by atoms with Gasteiger partial charge in [0.1, 0.15) is 0 Å². The van der Waals surface area contributed by atoms with E-state index >= 15 is 0 Å². The van der Waals surface area contributed by atoms with Crippen molar-refractivity contribution in [2.75, 3.05) is 30.4 Å². The summed E-state index contributed by atoms with van der Waals surface area (Å²) in [5.41, 5.74) is 19.6. The summed E-state index contributed by atoms with van der Waals surface area (Å²) < 4.78 is 5.40. The van der Waals surface area contributed by atoms with Gasteiger partial charge in [-0.25, -0.2) is 5.84 Å². The minimum Gasteiger partial charge on any atom is -0.466 e. The molecule has 0 saturated carbocycles. The van der Waals surface area contributed by atoms with Crippen LogP contribution < -0.4 is 16.6 Å². The summed E-state index contributed by atoms with van der Waals surface area (Å²) in [7, 11) is 0. The van der Waals surface area contributed by atoms with Crippen LogP contribution in [-0.4, -0.2) is 36.5 Å². The molecule has 0 fully saturated rings. The average Bonchev–Trinajstić information content (AvgIpc) is 2.96. The first-order valence-electron chi connectivity index (χ1n) is 14.9. The number of hydrogen-bond donors (Lipinski definition) is 2. The third-order valence-electron chi connectivity index (χ3n) is 9.09. The van der Waals surface area contributed by atoms with E-state index in [0.717, 1.165) is 62.2 Å². The van der Waals surface area contributed by atoms with Crippen LogP contribution in [0.4, 0.5) is 11.4 Å². The Morgan fingerprint density at radius 1 is 0.952 bits per heavy atom. The fraction of sp³-hybridized carbons (Fsp3) is 0.429. The molecule has 1 unspecified atom stereocenters. The summed E-state index contributed by atoms with van der Waals surface area (Å²) >= 11 is 0. The van der Waals surface area contributed by atoms with Crippen LogP contribution in [0.2, 0.25) is 0 Å². The molecule has 1 aliphatic rings. The Morgan fingerprint density at radius 3 is 2.24 bits per heavy atom. The summed E-state index contributed by atoms with van der Waals surface area (Å²) in [5.74, 6) is 5.74. The molecule has 7 heteroatoms. The first-order valence-corrected chi connectivity index (χ1v) is 14.9. The van der Waals surface area contributed by atoms with Crippen molar-refractivity contribution in [3.8, 4) is 0 Å². The third-order valence-corrected chi connectivity index (χ3v) is 9.09. The van der Waals surface area contributed by atoms with Crippen molar-refractivity contribution in [3.05, 3.63) is 91.5 Å². The molecule has 0 saturated heterocycles. The molecule has 7 nitrogen and oxygen atoms in total. The van der Waals surface area contributed by atoms with Gasteiger partial charge in [0.15, 0.2) is 0 Å². The Kier molecular flexibility index (Phi) is 9.31. The minimum atomic E-state index is -0.258. The fourth-order valence-corrected chi connectivity index (χ4v) is 6.34. The van der Waals surface area contributed by atoms with E-state index in [2.05, 4.69) is 39.0 Å². The molecule has 0 radical (unpaired) electrons. The van der Waals surface area contributed by atoms with Crippen molar-refractivity contribution >= 4 is 23.3 Å². The maximum Gasteiger partial charge on any atom is 0.306 e. The number of fused-ring (bicyclic) bond motifs is 1. The molecule has 1 amide bonds. The number of esters is 1. The second kappa shape index (κ2) is 12.6. The highest BCUT2D eigenvalue weighted by Crippen LogP contribution is 2.39. The molecule has 3 aromatic rings. The SMILES string of the molecule is CCOC(=O)CC(c1cc(C)c2c(c1)CN(C(=O)c1c(C)c(C)cc(C)c1C)CC2)c1ccc(N(N)CC)c(N)c1C. The number of amides is 1. The number of anilines is 2. The summed E-state index contributed by atoms with van der Waals surface area (Å²) in [6.07, 6.45) is 0.984. The van der Waals surface area contributed by atoms with Crippen LogP contribution in [0.15, 0.2) is 30.3 Å². The van der Waals surface area contributed by atoms with E-state index in [4.69, 9.17) is 16.3 Å². The standard InChI is InChI=1S/C35H46N4O3/c1-9-39(37)31-12-11-29(25(8)34(31)36)30(18-32(40)42-10-2)26-16-22(5)28-13-14-38(19-27(28)17-26)35(41)33-23(6)20(3)15-21(4)24(33)7/h11-12,15-17,30H,9-10,13-14,18-19,36-37H2,1-8H3. The van der Waals surface area contributed by atoms with Crippen LogP contribution >= 0.6 is 0 Å². The van der Waals surface area contributed by atoms with Gasteiger partial charge >= 0.3 is 5.97 Å². The Morgan fingerprint density at radius 2 is 1.62 bits per heavy atom. The molecule has 224 valence electrons. The van der Waals surface area contributed by atoms with Gasteiger partial charge in [0.05, 0.1) is 24.4 Å². The normalized spacial score (nSPS) is 13.5. The largest absolute Gasteiger partial charge is 0.466 e. The van der Waals surface area contributed by atoms with Gasteiger partial charge in [-0.05, 0) is 124 Å². The highest BCUT2D eigenvalue weighted by Gasteiger charge is 2.29. The molecule has 0 aromatic heterocycles. The number of rotatable bonds is 8. The molecule has 1 heterocycles. The summed E-state index contributed by atoms with van der Waals surface area (Å²) in [4.78, 5) is 28.8. The van der Waals surface area contributed by atoms with Gasteiger partial charge in [-0.2, -0.15) is 0 Å². The van der Waals surface area contributed by atoms with Crippen LogP contribution in [0.5, 0.6) is 0 Å². The lowest BCUT2D eigenvalue weighted by molar-refractivity contribution is -0.143. The number of nitrogens with zero attached hydrogens (tertiary/aromatic N) is 2. The molecule has 0 aliphatic carbocycles. The summed E-state index contributed by atoms with van der Waals surface area (Å²) in [6.45, 7) is 18.3. The van der Waals surface area contributed by atoms with Gasteiger partial charge in [-0.15, -0.1) is 0 Å². The zero-order chi connectivity index (χ0) is 30.9. The first-order chi connectivity index (χ1) is 19.9. The number of hydrogen-bond acceptors (Lipinski definition) is 6. The van der Waals surface area contributed by atoms with Gasteiger partial charge < -0.3 is 20.4 Å². The number of hydrazine groups is 1. The van der Waals surface area contributed by atoms with Crippen molar-refractivity contribution in [3.63, 3.8) is 0 Å². The predicted octanol–water partition coefficient (Wildman–Crippen LogP) is 6.10. The molecule has 4 N–H and O–H groups in total. The van der Waals surface area contributed by atoms with Crippen molar-refractivity contribution < 1.29 is 14.3 Å². The van der Waals surface area contributed by atoms with Crippen LogP contribution in [0.1, 0.15) is 92.2 Å². The van der Waals surface area contributed by atoms with Crippen molar-refractivity contribution in [2.24, 2.45) is 5.84 Å². The van der Waals surface area contributed by atoms with Gasteiger partial charge in [0, 0.05) is 31.1 Å². The zero-order valence-electron chi connectivity index (χ0n) is 26.5. The Hall–Kier alpha value is -3.84. The summed E-state index contributed by atoms with van der Waals surface area (Å²) in [6, 6.07) is 10.5. The Bertz CT molecular complexity index is 1500. The second-order valence-electron chi connectivity index (χ2n) is 11.6. The number of carbonyl (C=O) groups is 2. The van der Waals surface area contributed by atoms with E-state index < -0.39 is 0 Å². The Labute approximate surface area is 250 Å². The van der Waals surface area contributed by atoms with Crippen molar-refractivity contribution in [1.82, 2.24) is 4.90 Å². The van der Waals surface area contributed by atoms with E-state index in [-0.39, 0.29) is 24.2 Å². The fourth-order valence-electron chi connectivity index (χ4n) is 6.34. The van der Waals surface area contributed by atoms with E-state index in [1.807, 2.05) is 51.7 Å². The van der Waals surface area contributed by atoms with Crippen LogP contribution in [-0.2, 0) is 22.5 Å². The number of ether oxygens (including phenoxy) is 1. The first kappa shape index (κ1) is 31.1. The molecule has 4 rings (SSSR count). The van der Waals surface area contributed by atoms with Gasteiger partial charge in [0.25, 0.3) is 5.91 Å². The predicted molar refractivity (Wildman–Crippen MR) is 171 cm³/mol. The van der Waals surface area contributed by atoms with Crippen LogP contribution in [0, 0.1) is 41.5 Å². The van der Waals surface area contributed by atoms with Crippen molar-refractivity contribution in [1.29, 1.82) is 0 Å². The van der Waals surface area contributed by atoms with Gasteiger partial charge in [-0.1, -0.05) is 24.3 Å². The van der Waals surface area contributed by atoms with E-state index in [1.165, 1.54) is 11.1 Å².